The van der Waals surface area contributed by atoms with Gasteiger partial charge in [0.25, 0.3) is 0 Å². The van der Waals surface area contributed by atoms with Gasteiger partial charge in [0, 0.05) is 23.7 Å². The lowest BCUT2D eigenvalue weighted by molar-refractivity contribution is 0.368. The van der Waals surface area contributed by atoms with E-state index >= 15 is 0 Å². The lowest BCUT2D eigenvalue weighted by Gasteiger charge is -2.15. The second-order valence-electron chi connectivity index (χ2n) is 5.61. The maximum atomic E-state index is 5.53. The van der Waals surface area contributed by atoms with Gasteiger partial charge < -0.3 is 19.5 Å². The largest absolute Gasteiger partial charge is 0.496 e. The highest BCUT2D eigenvalue weighted by molar-refractivity contribution is 5.54. The van der Waals surface area contributed by atoms with Crippen molar-refractivity contribution >= 4 is 0 Å². The molecule has 2 atom stereocenters. The Balaban J connectivity index is 2.19. The fourth-order valence-electron chi connectivity index (χ4n) is 2.61. The van der Waals surface area contributed by atoms with Gasteiger partial charge in [-0.3, -0.25) is 0 Å². The Hall–Kier alpha value is -1.42. The average Bonchev–Trinajstić information content (AvgIpc) is 3.22. The van der Waals surface area contributed by atoms with E-state index in [0.717, 1.165) is 23.8 Å². The molecule has 0 radical (unpaired) electrons. The molecule has 4 heteroatoms. The fraction of sp³-hybridized carbons (Fsp3) is 0.625. The molecule has 1 aromatic carbocycles. The predicted octanol–water partition coefficient (Wildman–Crippen LogP) is 2.81. The molecule has 0 amide bonds. The molecule has 0 aromatic heterocycles. The molecule has 2 rings (SSSR count). The smallest absolute Gasteiger partial charge is 0.129 e. The highest BCUT2D eigenvalue weighted by Crippen LogP contribution is 2.54. The first kappa shape index (κ1) is 15.0. The van der Waals surface area contributed by atoms with E-state index in [1.54, 1.807) is 21.3 Å². The molecule has 1 aliphatic rings. The highest BCUT2D eigenvalue weighted by atomic mass is 16.5. The molecule has 20 heavy (non-hydrogen) atoms. The van der Waals surface area contributed by atoms with Gasteiger partial charge in [-0.15, -0.1) is 0 Å². The molecule has 1 aromatic rings. The van der Waals surface area contributed by atoms with Crippen LogP contribution < -0.4 is 19.5 Å². The third-order valence-electron chi connectivity index (χ3n) is 3.83. The number of hydrogen-bond donors (Lipinski definition) is 1. The lowest BCUT2D eigenvalue weighted by atomic mass is 10.1. The van der Waals surface area contributed by atoms with Gasteiger partial charge in [0.2, 0.25) is 0 Å². The van der Waals surface area contributed by atoms with Gasteiger partial charge in [-0.1, -0.05) is 13.8 Å². The van der Waals surface area contributed by atoms with Crippen LogP contribution >= 0.6 is 0 Å². The number of hydrogen-bond acceptors (Lipinski definition) is 4. The van der Waals surface area contributed by atoms with Crippen molar-refractivity contribution in [3.8, 4) is 17.2 Å². The Kier molecular flexibility index (Phi) is 4.76. The summed E-state index contributed by atoms with van der Waals surface area (Å²) in [6.07, 6.45) is 1.18. The number of ether oxygens (including phenoxy) is 3. The Morgan fingerprint density at radius 2 is 1.70 bits per heavy atom. The molecule has 0 spiro atoms. The van der Waals surface area contributed by atoms with Crippen LogP contribution in [-0.4, -0.2) is 33.9 Å². The van der Waals surface area contributed by atoms with Gasteiger partial charge in [-0.05, 0) is 24.8 Å². The predicted molar refractivity (Wildman–Crippen MR) is 80.1 cm³/mol. The molecule has 1 saturated carbocycles. The summed E-state index contributed by atoms with van der Waals surface area (Å²) in [4.78, 5) is 0. The standard InChI is InChI=1S/C16H25NO3/c1-10(2)17-9-11-6-13(11)16-14(19-4)7-12(18-3)8-15(16)20-5/h7-8,10-11,13,17H,6,9H2,1-5H3. The summed E-state index contributed by atoms with van der Waals surface area (Å²) in [6, 6.07) is 4.39. The van der Waals surface area contributed by atoms with Crippen molar-refractivity contribution in [2.45, 2.75) is 32.2 Å². The second kappa shape index (κ2) is 6.35. The highest BCUT2D eigenvalue weighted by Gasteiger charge is 2.41. The third kappa shape index (κ3) is 3.18. The molecule has 0 aliphatic heterocycles. The molecule has 0 saturated heterocycles. The molecule has 2 unspecified atom stereocenters. The van der Waals surface area contributed by atoms with Gasteiger partial charge in [-0.25, -0.2) is 0 Å². The number of methoxy groups -OCH3 is 3. The second-order valence-corrected chi connectivity index (χ2v) is 5.61. The maximum absolute atomic E-state index is 5.53. The van der Waals surface area contributed by atoms with Crippen molar-refractivity contribution in [1.29, 1.82) is 0 Å². The van der Waals surface area contributed by atoms with Crippen LogP contribution in [0.1, 0.15) is 31.7 Å². The van der Waals surface area contributed by atoms with E-state index in [9.17, 15) is 0 Å². The summed E-state index contributed by atoms with van der Waals surface area (Å²) in [7, 11) is 5.04. The van der Waals surface area contributed by atoms with Crippen LogP contribution in [0.15, 0.2) is 12.1 Å². The van der Waals surface area contributed by atoms with Crippen LogP contribution in [-0.2, 0) is 0 Å². The van der Waals surface area contributed by atoms with Crippen LogP contribution in [0.25, 0.3) is 0 Å². The van der Waals surface area contributed by atoms with E-state index in [-0.39, 0.29) is 0 Å². The van der Waals surface area contributed by atoms with E-state index in [1.165, 1.54) is 12.0 Å². The minimum Gasteiger partial charge on any atom is -0.496 e. The first-order valence-corrected chi connectivity index (χ1v) is 7.14. The van der Waals surface area contributed by atoms with E-state index in [0.29, 0.717) is 17.9 Å². The Morgan fingerprint density at radius 3 is 2.15 bits per heavy atom. The van der Waals surface area contributed by atoms with Gasteiger partial charge in [0.15, 0.2) is 0 Å². The quantitative estimate of drug-likeness (QED) is 0.833. The molecule has 0 bridgehead atoms. The van der Waals surface area contributed by atoms with Crippen molar-refractivity contribution in [3.05, 3.63) is 17.7 Å². The van der Waals surface area contributed by atoms with Crippen molar-refractivity contribution < 1.29 is 14.2 Å². The minimum atomic E-state index is 0.511. The fourth-order valence-corrected chi connectivity index (χ4v) is 2.61. The molecule has 1 aliphatic carbocycles. The molecule has 112 valence electrons. The Morgan fingerprint density at radius 1 is 1.10 bits per heavy atom. The minimum absolute atomic E-state index is 0.511. The van der Waals surface area contributed by atoms with Crippen LogP contribution in [0.5, 0.6) is 17.2 Å². The zero-order chi connectivity index (χ0) is 14.7. The number of benzene rings is 1. The average molecular weight is 279 g/mol. The van der Waals surface area contributed by atoms with Crippen LogP contribution in [0.2, 0.25) is 0 Å². The lowest BCUT2D eigenvalue weighted by Crippen LogP contribution is -2.25. The van der Waals surface area contributed by atoms with Gasteiger partial charge >= 0.3 is 0 Å². The summed E-state index contributed by atoms with van der Waals surface area (Å²) >= 11 is 0. The van der Waals surface area contributed by atoms with Crippen molar-refractivity contribution in [2.24, 2.45) is 5.92 Å². The normalized spacial score (nSPS) is 20.9. The SMILES string of the molecule is COc1cc(OC)c(C2CC2CNC(C)C)c(OC)c1. The van der Waals surface area contributed by atoms with E-state index in [2.05, 4.69) is 19.2 Å². The molecule has 1 N–H and O–H groups in total. The maximum Gasteiger partial charge on any atom is 0.129 e. The van der Waals surface area contributed by atoms with E-state index in [4.69, 9.17) is 14.2 Å². The molecule has 0 heterocycles. The Bertz CT molecular complexity index is 434. The summed E-state index contributed by atoms with van der Waals surface area (Å²) < 4.78 is 16.3. The first-order chi connectivity index (χ1) is 9.60. The monoisotopic (exact) mass is 279 g/mol. The van der Waals surface area contributed by atoms with Crippen LogP contribution in [0.4, 0.5) is 0 Å². The van der Waals surface area contributed by atoms with Gasteiger partial charge in [0.05, 0.1) is 21.3 Å². The molecular formula is C16H25NO3. The van der Waals surface area contributed by atoms with Crippen LogP contribution in [0.3, 0.4) is 0 Å². The summed E-state index contributed by atoms with van der Waals surface area (Å²) in [5.74, 6) is 3.65. The molecular weight excluding hydrogens is 254 g/mol. The number of rotatable bonds is 7. The Labute approximate surface area is 121 Å². The van der Waals surface area contributed by atoms with E-state index < -0.39 is 0 Å². The van der Waals surface area contributed by atoms with Crippen LogP contribution in [0, 0.1) is 5.92 Å². The van der Waals surface area contributed by atoms with Crippen molar-refractivity contribution in [3.63, 3.8) is 0 Å². The zero-order valence-corrected chi connectivity index (χ0v) is 13.0. The first-order valence-electron chi connectivity index (χ1n) is 7.14. The third-order valence-corrected chi connectivity index (χ3v) is 3.83. The van der Waals surface area contributed by atoms with Gasteiger partial charge in [0.1, 0.15) is 17.2 Å². The summed E-state index contributed by atoms with van der Waals surface area (Å²) in [5.41, 5.74) is 1.17. The zero-order valence-electron chi connectivity index (χ0n) is 13.0. The topological polar surface area (TPSA) is 39.7 Å². The molecule has 1 fully saturated rings. The summed E-state index contributed by atoms with van der Waals surface area (Å²) in [6.45, 7) is 5.39. The summed E-state index contributed by atoms with van der Waals surface area (Å²) in [5, 5.41) is 3.50. The number of nitrogens with one attached hydrogen (secondary N) is 1. The molecule has 4 nitrogen and oxygen atoms in total. The van der Waals surface area contributed by atoms with E-state index in [1.807, 2.05) is 12.1 Å². The van der Waals surface area contributed by atoms with Crippen molar-refractivity contribution in [2.75, 3.05) is 27.9 Å². The van der Waals surface area contributed by atoms with Crippen molar-refractivity contribution in [1.82, 2.24) is 5.32 Å². The van der Waals surface area contributed by atoms with Gasteiger partial charge in [-0.2, -0.15) is 0 Å².